The Morgan fingerprint density at radius 3 is 2.14 bits per heavy atom. The third kappa shape index (κ3) is 4.59. The molecule has 0 saturated carbocycles. The smallest absolute Gasteiger partial charge is 0.342 e. The highest BCUT2D eigenvalue weighted by molar-refractivity contribution is 6.06. The summed E-state index contributed by atoms with van der Waals surface area (Å²) in [6.07, 6.45) is 0. The number of phenolic OH excluding ortho intramolecular Hbond substituents is 1. The van der Waals surface area contributed by atoms with Crippen molar-refractivity contribution in [2.75, 3.05) is 13.2 Å². The first kappa shape index (κ1) is 16.7. The zero-order valence-corrected chi connectivity index (χ0v) is 12.3. The number of benzene rings is 1. The molecule has 0 fully saturated rings. The summed E-state index contributed by atoms with van der Waals surface area (Å²) in [7, 11) is 0. The van der Waals surface area contributed by atoms with Crippen molar-refractivity contribution in [3.05, 3.63) is 29.8 Å². The molecule has 0 unspecified atom stereocenters. The first-order valence-electron chi connectivity index (χ1n) is 6.67. The number of nitrogens with zero attached hydrogens (tertiary/aromatic N) is 1. The molecule has 1 rings (SSSR count). The van der Waals surface area contributed by atoms with Crippen LogP contribution in [-0.4, -0.2) is 42.0 Å². The fourth-order valence-electron chi connectivity index (χ4n) is 1.69. The van der Waals surface area contributed by atoms with Crippen LogP contribution in [0, 0.1) is 0 Å². The first-order valence-corrected chi connectivity index (χ1v) is 6.67. The van der Waals surface area contributed by atoms with Gasteiger partial charge in [0, 0.05) is 11.3 Å². The number of rotatable bonds is 6. The van der Waals surface area contributed by atoms with Crippen molar-refractivity contribution in [2.45, 2.75) is 26.8 Å². The van der Waals surface area contributed by atoms with Crippen molar-refractivity contribution in [3.63, 3.8) is 0 Å². The molecule has 0 aliphatic heterocycles. The molecule has 6 nitrogen and oxygen atoms in total. The van der Waals surface area contributed by atoms with Crippen LogP contribution in [0.25, 0.3) is 0 Å². The van der Waals surface area contributed by atoms with Crippen LogP contribution in [0.5, 0.6) is 5.75 Å². The van der Waals surface area contributed by atoms with Crippen LogP contribution in [0.4, 0.5) is 0 Å². The van der Waals surface area contributed by atoms with Crippen LogP contribution in [0.15, 0.2) is 29.3 Å². The molecule has 1 N–H and O–H groups in total. The number of phenols is 1. The standard InChI is InChI=1S/C15H19NO5/c1-4-20-14(18)13(15(19)21-5-2)16-10(3)11-8-6-7-9-12(11)17/h6-9,13,17H,4-5H2,1-3H3/b16-10+. The van der Waals surface area contributed by atoms with Crippen LogP contribution < -0.4 is 0 Å². The van der Waals surface area contributed by atoms with E-state index in [4.69, 9.17) is 9.47 Å². The average molecular weight is 293 g/mol. The summed E-state index contributed by atoms with van der Waals surface area (Å²) in [6.45, 7) is 5.15. The Balaban J connectivity index is 3.09. The van der Waals surface area contributed by atoms with E-state index in [-0.39, 0.29) is 19.0 Å². The normalized spacial score (nSPS) is 11.3. The van der Waals surface area contributed by atoms with Crippen molar-refractivity contribution < 1.29 is 24.2 Å². The lowest BCUT2D eigenvalue weighted by Gasteiger charge is -2.12. The van der Waals surface area contributed by atoms with Gasteiger partial charge in [-0.15, -0.1) is 0 Å². The number of para-hydroxylation sites is 1. The summed E-state index contributed by atoms with van der Waals surface area (Å²) in [5, 5.41) is 9.76. The molecule has 1 aromatic rings. The monoisotopic (exact) mass is 293 g/mol. The minimum atomic E-state index is -1.38. The number of hydrogen-bond donors (Lipinski definition) is 1. The number of hydrogen-bond acceptors (Lipinski definition) is 6. The molecule has 114 valence electrons. The van der Waals surface area contributed by atoms with Crippen molar-refractivity contribution in [2.24, 2.45) is 4.99 Å². The van der Waals surface area contributed by atoms with E-state index in [1.807, 2.05) is 0 Å². The molecule has 0 aliphatic carbocycles. The van der Waals surface area contributed by atoms with Crippen LogP contribution in [-0.2, 0) is 19.1 Å². The van der Waals surface area contributed by atoms with Crippen LogP contribution in [0.2, 0.25) is 0 Å². The van der Waals surface area contributed by atoms with E-state index in [1.165, 1.54) is 6.07 Å². The minimum absolute atomic E-state index is 0.0187. The second-order valence-electron chi connectivity index (χ2n) is 4.14. The Labute approximate surface area is 123 Å². The molecule has 0 saturated heterocycles. The Hall–Kier alpha value is -2.37. The van der Waals surface area contributed by atoms with Gasteiger partial charge in [0.15, 0.2) is 0 Å². The van der Waals surface area contributed by atoms with Gasteiger partial charge in [-0.05, 0) is 32.9 Å². The number of ether oxygens (including phenoxy) is 2. The third-order valence-electron chi connectivity index (χ3n) is 2.64. The topological polar surface area (TPSA) is 85.2 Å². The first-order chi connectivity index (χ1) is 10.0. The fourth-order valence-corrected chi connectivity index (χ4v) is 1.69. The number of carbonyl (C=O) groups excluding carboxylic acids is 2. The lowest BCUT2D eigenvalue weighted by molar-refractivity contribution is -0.156. The SMILES string of the molecule is CCOC(=O)C(/N=C(\C)c1ccccc1O)C(=O)OCC. The maximum atomic E-state index is 11.8. The lowest BCUT2D eigenvalue weighted by Crippen LogP contribution is -2.33. The summed E-state index contributed by atoms with van der Waals surface area (Å²) < 4.78 is 9.66. The van der Waals surface area contributed by atoms with E-state index in [9.17, 15) is 14.7 Å². The maximum Gasteiger partial charge on any atom is 0.342 e. The van der Waals surface area contributed by atoms with Gasteiger partial charge in [0.2, 0.25) is 6.04 Å². The molecule has 0 radical (unpaired) electrons. The summed E-state index contributed by atoms with van der Waals surface area (Å²) >= 11 is 0. The quantitative estimate of drug-likeness (QED) is 0.490. The lowest BCUT2D eigenvalue weighted by atomic mass is 10.1. The van der Waals surface area contributed by atoms with Gasteiger partial charge in [0.05, 0.1) is 13.2 Å². The number of carbonyl (C=O) groups is 2. The summed E-state index contributed by atoms with van der Waals surface area (Å²) in [4.78, 5) is 27.7. The van der Waals surface area contributed by atoms with Gasteiger partial charge in [-0.2, -0.15) is 0 Å². The third-order valence-corrected chi connectivity index (χ3v) is 2.64. The van der Waals surface area contributed by atoms with Gasteiger partial charge in [-0.1, -0.05) is 12.1 Å². The van der Waals surface area contributed by atoms with E-state index in [2.05, 4.69) is 4.99 Å². The molecule has 0 spiro atoms. The molecule has 0 aromatic heterocycles. The number of aromatic hydroxyl groups is 1. The van der Waals surface area contributed by atoms with E-state index in [0.29, 0.717) is 11.3 Å². The van der Waals surface area contributed by atoms with Crippen molar-refractivity contribution in [1.29, 1.82) is 0 Å². The molecular weight excluding hydrogens is 274 g/mol. The van der Waals surface area contributed by atoms with Crippen LogP contribution >= 0.6 is 0 Å². The van der Waals surface area contributed by atoms with E-state index < -0.39 is 18.0 Å². The van der Waals surface area contributed by atoms with Crippen molar-refractivity contribution in [3.8, 4) is 5.75 Å². The van der Waals surface area contributed by atoms with Gasteiger partial charge in [0.1, 0.15) is 5.75 Å². The van der Waals surface area contributed by atoms with E-state index in [0.717, 1.165) is 0 Å². The number of esters is 2. The Kier molecular flexibility index (Phi) is 6.39. The Morgan fingerprint density at radius 2 is 1.67 bits per heavy atom. The average Bonchev–Trinajstić information content (AvgIpc) is 2.45. The predicted molar refractivity (Wildman–Crippen MR) is 77.4 cm³/mol. The van der Waals surface area contributed by atoms with Gasteiger partial charge >= 0.3 is 11.9 Å². The highest BCUT2D eigenvalue weighted by atomic mass is 16.6. The van der Waals surface area contributed by atoms with Gasteiger partial charge in [-0.3, -0.25) is 4.99 Å². The molecule has 1 aromatic carbocycles. The highest BCUT2D eigenvalue weighted by Crippen LogP contribution is 2.17. The molecular formula is C15H19NO5. The van der Waals surface area contributed by atoms with Crippen molar-refractivity contribution >= 4 is 17.7 Å². The Morgan fingerprint density at radius 1 is 1.14 bits per heavy atom. The predicted octanol–water partition coefficient (Wildman–Crippen LogP) is 1.70. The zero-order valence-electron chi connectivity index (χ0n) is 12.3. The fraction of sp³-hybridized carbons (Fsp3) is 0.400. The van der Waals surface area contributed by atoms with Gasteiger partial charge in [-0.25, -0.2) is 9.59 Å². The van der Waals surface area contributed by atoms with Crippen molar-refractivity contribution in [1.82, 2.24) is 0 Å². The molecule has 0 atom stereocenters. The largest absolute Gasteiger partial charge is 0.507 e. The second kappa shape index (κ2) is 8.04. The molecule has 0 amide bonds. The molecule has 6 heteroatoms. The molecule has 0 bridgehead atoms. The van der Waals surface area contributed by atoms with Crippen LogP contribution in [0.3, 0.4) is 0 Å². The second-order valence-corrected chi connectivity index (χ2v) is 4.14. The molecule has 21 heavy (non-hydrogen) atoms. The van der Waals surface area contributed by atoms with Gasteiger partial charge in [0.25, 0.3) is 0 Å². The minimum Gasteiger partial charge on any atom is -0.507 e. The molecule has 0 aliphatic rings. The van der Waals surface area contributed by atoms with E-state index >= 15 is 0 Å². The van der Waals surface area contributed by atoms with E-state index in [1.54, 1.807) is 39.0 Å². The summed E-state index contributed by atoms with van der Waals surface area (Å²) in [5.74, 6) is -1.53. The zero-order chi connectivity index (χ0) is 15.8. The highest BCUT2D eigenvalue weighted by Gasteiger charge is 2.29. The number of aliphatic imine (C=N–C) groups is 1. The Bertz CT molecular complexity index is 521. The summed E-state index contributed by atoms with van der Waals surface area (Å²) in [5.41, 5.74) is 0.787. The summed E-state index contributed by atoms with van der Waals surface area (Å²) in [6, 6.07) is 5.14. The van der Waals surface area contributed by atoms with Crippen LogP contribution in [0.1, 0.15) is 26.3 Å². The maximum absolute atomic E-state index is 11.8. The molecule has 0 heterocycles. The van der Waals surface area contributed by atoms with Gasteiger partial charge < -0.3 is 14.6 Å².